The summed E-state index contributed by atoms with van der Waals surface area (Å²) in [5, 5.41) is 3.50. The van der Waals surface area contributed by atoms with E-state index in [1.165, 1.54) is 12.8 Å². The molecule has 0 radical (unpaired) electrons. The lowest BCUT2D eigenvalue weighted by molar-refractivity contribution is 0.0752. The van der Waals surface area contributed by atoms with Crippen LogP contribution in [-0.4, -0.2) is 36.5 Å². The largest absolute Gasteiger partial charge is 0.456 e. The molecule has 0 spiro atoms. The predicted molar refractivity (Wildman–Crippen MR) is 63.9 cm³/mol. The first-order valence-electron chi connectivity index (χ1n) is 6.33. The van der Waals surface area contributed by atoms with Crippen molar-refractivity contribution in [3.63, 3.8) is 0 Å². The summed E-state index contributed by atoms with van der Waals surface area (Å²) in [4.78, 5) is 14.1. The number of rotatable bonds is 1. The number of amides is 1. The molecule has 4 nitrogen and oxygen atoms in total. The van der Waals surface area contributed by atoms with Gasteiger partial charge in [-0.3, -0.25) is 4.79 Å². The lowest BCUT2D eigenvalue weighted by Crippen LogP contribution is -2.41. The highest BCUT2D eigenvalue weighted by atomic mass is 16.3. The maximum absolute atomic E-state index is 12.2. The molecular weight excluding hydrogens is 216 g/mol. The van der Waals surface area contributed by atoms with Gasteiger partial charge in [-0.2, -0.15) is 0 Å². The average molecular weight is 234 g/mol. The maximum Gasteiger partial charge on any atom is 0.289 e. The van der Waals surface area contributed by atoms with E-state index in [1.54, 1.807) is 6.07 Å². The number of piperidine rings is 1. The number of furan rings is 1. The Morgan fingerprint density at radius 1 is 1.47 bits per heavy atom. The Morgan fingerprint density at radius 3 is 3.06 bits per heavy atom. The molecule has 1 amide bonds. The molecule has 2 saturated heterocycles. The quantitative estimate of drug-likeness (QED) is 0.799. The minimum atomic E-state index is 0.0364. The van der Waals surface area contributed by atoms with Gasteiger partial charge >= 0.3 is 0 Å². The summed E-state index contributed by atoms with van der Waals surface area (Å²) in [7, 11) is 0. The summed E-state index contributed by atoms with van der Waals surface area (Å²) in [6.07, 6.45) is 2.46. The van der Waals surface area contributed by atoms with E-state index in [1.807, 2.05) is 17.9 Å². The number of hydrogen-bond donors (Lipinski definition) is 1. The zero-order valence-electron chi connectivity index (χ0n) is 10.1. The van der Waals surface area contributed by atoms with Crippen LogP contribution in [-0.2, 0) is 0 Å². The minimum absolute atomic E-state index is 0.0364. The predicted octanol–water partition coefficient (Wildman–Crippen LogP) is 1.41. The van der Waals surface area contributed by atoms with Crippen LogP contribution in [0.15, 0.2) is 16.5 Å². The second-order valence-electron chi connectivity index (χ2n) is 5.08. The standard InChI is InChI=1S/C13H18N2O2/c1-9-4-5-12(17-9)13(16)15-7-10-3-2-6-14-11(10)8-15/h4-5,10-11,14H,2-3,6-8H2,1H3/t10-,11+/m0/s1. The fourth-order valence-corrected chi connectivity index (χ4v) is 2.92. The molecule has 0 aromatic carbocycles. The topological polar surface area (TPSA) is 45.5 Å². The summed E-state index contributed by atoms with van der Waals surface area (Å²) < 4.78 is 5.40. The highest BCUT2D eigenvalue weighted by molar-refractivity contribution is 5.91. The van der Waals surface area contributed by atoms with Crippen molar-refractivity contribution < 1.29 is 9.21 Å². The SMILES string of the molecule is Cc1ccc(C(=O)N2C[C@@H]3CCCN[C@@H]3C2)o1. The molecule has 1 aromatic rings. The lowest BCUT2D eigenvalue weighted by atomic mass is 9.94. The van der Waals surface area contributed by atoms with Gasteiger partial charge in [-0.25, -0.2) is 0 Å². The third kappa shape index (κ3) is 1.97. The Balaban J connectivity index is 1.71. The Morgan fingerprint density at radius 2 is 2.35 bits per heavy atom. The fourth-order valence-electron chi connectivity index (χ4n) is 2.92. The van der Waals surface area contributed by atoms with E-state index in [9.17, 15) is 4.79 Å². The van der Waals surface area contributed by atoms with Gasteiger partial charge in [-0.1, -0.05) is 0 Å². The molecule has 2 aliphatic heterocycles. The Hall–Kier alpha value is -1.29. The third-order valence-electron chi connectivity index (χ3n) is 3.84. The van der Waals surface area contributed by atoms with Gasteiger partial charge < -0.3 is 14.6 Å². The van der Waals surface area contributed by atoms with Gasteiger partial charge in [-0.15, -0.1) is 0 Å². The summed E-state index contributed by atoms with van der Waals surface area (Å²) >= 11 is 0. The van der Waals surface area contributed by atoms with Gasteiger partial charge in [0.15, 0.2) is 5.76 Å². The molecule has 1 aromatic heterocycles. The first-order chi connectivity index (χ1) is 8.24. The first-order valence-corrected chi connectivity index (χ1v) is 6.33. The van der Waals surface area contributed by atoms with Crippen molar-refractivity contribution in [2.45, 2.75) is 25.8 Å². The van der Waals surface area contributed by atoms with E-state index in [4.69, 9.17) is 4.42 Å². The Kier molecular flexibility index (Phi) is 2.67. The van der Waals surface area contributed by atoms with Crippen LogP contribution in [0.4, 0.5) is 0 Å². The van der Waals surface area contributed by atoms with Gasteiger partial charge in [0.25, 0.3) is 5.91 Å². The van der Waals surface area contributed by atoms with Crippen LogP contribution < -0.4 is 5.32 Å². The van der Waals surface area contributed by atoms with E-state index < -0.39 is 0 Å². The van der Waals surface area contributed by atoms with Crippen molar-refractivity contribution in [2.75, 3.05) is 19.6 Å². The number of nitrogens with zero attached hydrogens (tertiary/aromatic N) is 1. The smallest absolute Gasteiger partial charge is 0.289 e. The highest BCUT2D eigenvalue weighted by Gasteiger charge is 2.37. The molecule has 0 bridgehead atoms. The maximum atomic E-state index is 12.2. The van der Waals surface area contributed by atoms with E-state index in [0.717, 1.165) is 25.4 Å². The number of carbonyl (C=O) groups is 1. The third-order valence-corrected chi connectivity index (χ3v) is 3.84. The van der Waals surface area contributed by atoms with Crippen molar-refractivity contribution in [2.24, 2.45) is 5.92 Å². The molecule has 17 heavy (non-hydrogen) atoms. The molecule has 4 heteroatoms. The molecule has 0 saturated carbocycles. The van der Waals surface area contributed by atoms with Crippen LogP contribution in [0.2, 0.25) is 0 Å². The lowest BCUT2D eigenvalue weighted by Gasteiger charge is -2.24. The van der Waals surface area contributed by atoms with Crippen molar-refractivity contribution in [1.29, 1.82) is 0 Å². The molecule has 0 aliphatic carbocycles. The van der Waals surface area contributed by atoms with Crippen LogP contribution in [0.3, 0.4) is 0 Å². The zero-order valence-corrected chi connectivity index (χ0v) is 10.1. The number of carbonyl (C=O) groups excluding carboxylic acids is 1. The molecule has 2 atom stereocenters. The molecule has 3 rings (SSSR count). The van der Waals surface area contributed by atoms with Crippen LogP contribution in [0.25, 0.3) is 0 Å². The minimum Gasteiger partial charge on any atom is -0.456 e. The number of fused-ring (bicyclic) bond motifs is 1. The van der Waals surface area contributed by atoms with Crippen LogP contribution >= 0.6 is 0 Å². The first kappa shape index (κ1) is 10.8. The molecule has 3 heterocycles. The van der Waals surface area contributed by atoms with Crippen LogP contribution in [0, 0.1) is 12.8 Å². The second-order valence-corrected chi connectivity index (χ2v) is 5.08. The van der Waals surface area contributed by atoms with E-state index >= 15 is 0 Å². The van der Waals surface area contributed by atoms with Crippen molar-refractivity contribution in [1.82, 2.24) is 10.2 Å². The summed E-state index contributed by atoms with van der Waals surface area (Å²) in [5.41, 5.74) is 0. The number of likely N-dealkylation sites (tertiary alicyclic amines) is 1. The zero-order chi connectivity index (χ0) is 11.8. The molecule has 2 aliphatic rings. The average Bonchev–Trinajstić information content (AvgIpc) is 2.93. The molecule has 92 valence electrons. The van der Waals surface area contributed by atoms with Gasteiger partial charge in [0.2, 0.25) is 0 Å². The van der Waals surface area contributed by atoms with Crippen LogP contribution in [0.5, 0.6) is 0 Å². The monoisotopic (exact) mass is 234 g/mol. The van der Waals surface area contributed by atoms with Crippen molar-refractivity contribution in [3.8, 4) is 0 Å². The van der Waals surface area contributed by atoms with Crippen molar-refractivity contribution >= 4 is 5.91 Å². The normalized spacial score (nSPS) is 28.2. The number of nitrogens with one attached hydrogen (secondary N) is 1. The molecular formula is C13H18N2O2. The number of hydrogen-bond acceptors (Lipinski definition) is 3. The second kappa shape index (κ2) is 4.18. The van der Waals surface area contributed by atoms with Gasteiger partial charge in [0.05, 0.1) is 0 Å². The fraction of sp³-hybridized carbons (Fsp3) is 0.615. The highest BCUT2D eigenvalue weighted by Crippen LogP contribution is 2.26. The summed E-state index contributed by atoms with van der Waals surface area (Å²) in [6.45, 7) is 4.64. The molecule has 1 N–H and O–H groups in total. The molecule has 2 fully saturated rings. The summed E-state index contributed by atoms with van der Waals surface area (Å²) in [6, 6.07) is 4.10. The summed E-state index contributed by atoms with van der Waals surface area (Å²) in [5.74, 6) is 1.93. The van der Waals surface area contributed by atoms with Crippen molar-refractivity contribution in [3.05, 3.63) is 23.7 Å². The van der Waals surface area contributed by atoms with E-state index in [0.29, 0.717) is 17.7 Å². The Labute approximate surface area is 101 Å². The van der Waals surface area contributed by atoms with E-state index in [2.05, 4.69) is 5.32 Å². The Bertz CT molecular complexity index is 413. The molecule has 0 unspecified atom stereocenters. The van der Waals surface area contributed by atoms with Gasteiger partial charge in [0.1, 0.15) is 5.76 Å². The van der Waals surface area contributed by atoms with Crippen LogP contribution in [0.1, 0.15) is 29.2 Å². The van der Waals surface area contributed by atoms with E-state index in [-0.39, 0.29) is 5.91 Å². The van der Waals surface area contributed by atoms with Gasteiger partial charge in [0, 0.05) is 19.1 Å². The van der Waals surface area contributed by atoms with Gasteiger partial charge in [-0.05, 0) is 44.4 Å². The number of aryl methyl sites for hydroxylation is 1.